The second-order valence-corrected chi connectivity index (χ2v) is 6.74. The topological polar surface area (TPSA) is 68.9 Å². The zero-order valence-corrected chi connectivity index (χ0v) is 14.4. The van der Waals surface area contributed by atoms with E-state index in [4.69, 9.17) is 17.0 Å². The molecule has 2 heterocycles. The first kappa shape index (κ1) is 15.8. The molecular formula is C18H11ClN4OS. The van der Waals surface area contributed by atoms with Gasteiger partial charge < -0.3 is 0 Å². The van der Waals surface area contributed by atoms with Crippen molar-refractivity contribution in [2.24, 2.45) is 10.1 Å². The number of nitrogens with zero attached hydrogens (tertiary/aromatic N) is 3. The van der Waals surface area contributed by atoms with Crippen LogP contribution in [-0.4, -0.2) is 27.0 Å². The Balaban J connectivity index is 1.69. The molecular weight excluding hydrogens is 356 g/mol. The summed E-state index contributed by atoms with van der Waals surface area (Å²) in [5.41, 5.74) is 1.90. The molecule has 0 unspecified atom stereocenters. The van der Waals surface area contributed by atoms with Gasteiger partial charge in [0.2, 0.25) is 5.17 Å². The number of amides is 1. The summed E-state index contributed by atoms with van der Waals surface area (Å²) >= 11 is 7.16. The van der Waals surface area contributed by atoms with E-state index in [1.807, 2.05) is 30.3 Å². The summed E-state index contributed by atoms with van der Waals surface area (Å²) in [4.78, 5) is 16.4. The van der Waals surface area contributed by atoms with Gasteiger partial charge in [-0.05, 0) is 35.5 Å². The molecule has 1 N–H and O–H groups in total. The van der Waals surface area contributed by atoms with Crippen LogP contribution < -0.4 is 0 Å². The van der Waals surface area contributed by atoms with E-state index in [2.05, 4.69) is 10.1 Å². The van der Waals surface area contributed by atoms with Gasteiger partial charge in [0.05, 0.1) is 5.57 Å². The van der Waals surface area contributed by atoms with E-state index in [1.165, 1.54) is 16.8 Å². The van der Waals surface area contributed by atoms with Gasteiger partial charge in [-0.3, -0.25) is 10.2 Å². The largest absolute Gasteiger partial charge is 0.283 e. The zero-order chi connectivity index (χ0) is 17.4. The van der Waals surface area contributed by atoms with Crippen LogP contribution in [0.25, 0.3) is 6.08 Å². The van der Waals surface area contributed by atoms with Crippen LogP contribution in [0.15, 0.2) is 70.3 Å². The Morgan fingerprint density at radius 1 is 1.08 bits per heavy atom. The van der Waals surface area contributed by atoms with Gasteiger partial charge in [0, 0.05) is 10.6 Å². The third kappa shape index (κ3) is 3.01. The molecule has 1 amide bonds. The maximum absolute atomic E-state index is 12.3. The Kier molecular flexibility index (Phi) is 3.99. The van der Waals surface area contributed by atoms with Crippen LogP contribution in [0.2, 0.25) is 5.02 Å². The van der Waals surface area contributed by atoms with Gasteiger partial charge in [-0.1, -0.05) is 54.1 Å². The number of aliphatic imine (C=N–C) groups is 1. The van der Waals surface area contributed by atoms with E-state index in [9.17, 15) is 4.79 Å². The predicted octanol–water partition coefficient (Wildman–Crippen LogP) is 4.01. The molecule has 2 aromatic rings. The van der Waals surface area contributed by atoms with Crippen LogP contribution in [0.3, 0.4) is 0 Å². The summed E-state index contributed by atoms with van der Waals surface area (Å²) in [5.74, 6) is -0.424. The van der Waals surface area contributed by atoms with Gasteiger partial charge in [0.15, 0.2) is 5.84 Å². The molecule has 0 saturated heterocycles. The molecule has 2 aliphatic rings. The number of benzene rings is 2. The summed E-state index contributed by atoms with van der Waals surface area (Å²) in [7, 11) is 0. The quantitative estimate of drug-likeness (QED) is 0.816. The summed E-state index contributed by atoms with van der Waals surface area (Å²) in [5, 5.41) is 15.9. The number of carbonyl (C=O) groups excluding carboxylic acids is 1. The van der Waals surface area contributed by atoms with Gasteiger partial charge in [-0.25, -0.2) is 0 Å². The van der Waals surface area contributed by atoms with E-state index < -0.39 is 5.91 Å². The Hall–Kier alpha value is -2.70. The average Bonchev–Trinajstić information content (AvgIpc) is 3.05. The first-order valence-corrected chi connectivity index (χ1v) is 8.62. The molecule has 0 atom stereocenters. The molecule has 0 aromatic heterocycles. The lowest BCUT2D eigenvalue weighted by Gasteiger charge is -2.20. The number of fused-ring (bicyclic) bond motifs is 1. The highest BCUT2D eigenvalue weighted by atomic mass is 35.5. The highest BCUT2D eigenvalue weighted by Crippen LogP contribution is 2.30. The molecule has 0 aliphatic carbocycles. The van der Waals surface area contributed by atoms with Crippen molar-refractivity contribution in [1.29, 1.82) is 5.41 Å². The Bertz CT molecular complexity index is 964. The number of carbonyl (C=O) groups is 1. The van der Waals surface area contributed by atoms with Crippen molar-refractivity contribution in [3.8, 4) is 0 Å². The van der Waals surface area contributed by atoms with E-state index in [-0.39, 0.29) is 11.4 Å². The van der Waals surface area contributed by atoms with Crippen LogP contribution in [0.1, 0.15) is 11.1 Å². The van der Waals surface area contributed by atoms with Crippen molar-refractivity contribution in [1.82, 2.24) is 5.01 Å². The van der Waals surface area contributed by atoms with E-state index in [0.717, 1.165) is 11.1 Å². The Labute approximate surface area is 153 Å². The molecule has 0 fully saturated rings. The predicted molar refractivity (Wildman–Crippen MR) is 102 cm³/mol. The number of hydrazone groups is 1. The molecule has 0 radical (unpaired) electrons. The third-order valence-corrected chi connectivity index (χ3v) is 4.87. The maximum atomic E-state index is 12.3. The molecule has 122 valence electrons. The Morgan fingerprint density at radius 2 is 1.80 bits per heavy atom. The monoisotopic (exact) mass is 366 g/mol. The molecule has 0 saturated carbocycles. The SMILES string of the molecule is N=C1/C(=C/c2ccc(Cl)cc2)C(=O)N=C2SC(c3ccccc3)=NN12. The summed E-state index contributed by atoms with van der Waals surface area (Å²) in [6, 6.07) is 16.7. The standard InChI is InChI=1S/C18H11ClN4OS/c19-13-8-6-11(7-9-13)10-14-15(20)23-18(21-16(14)24)25-17(22-23)12-4-2-1-3-5-12/h1-10,20H/b14-10-,20-15?. The smallest absolute Gasteiger partial charge is 0.282 e. The Morgan fingerprint density at radius 3 is 2.52 bits per heavy atom. The van der Waals surface area contributed by atoms with Gasteiger partial charge in [0.1, 0.15) is 5.04 Å². The van der Waals surface area contributed by atoms with Crippen molar-refractivity contribution in [2.75, 3.05) is 0 Å². The van der Waals surface area contributed by atoms with E-state index >= 15 is 0 Å². The van der Waals surface area contributed by atoms with Gasteiger partial charge in [0.25, 0.3) is 5.91 Å². The summed E-state index contributed by atoms with van der Waals surface area (Å²) in [6.07, 6.45) is 1.63. The minimum atomic E-state index is -0.441. The lowest BCUT2D eigenvalue weighted by molar-refractivity contribution is -0.114. The minimum Gasteiger partial charge on any atom is -0.282 e. The number of hydrogen-bond donors (Lipinski definition) is 1. The second-order valence-electron chi connectivity index (χ2n) is 5.34. The van der Waals surface area contributed by atoms with Gasteiger partial charge in [-0.15, -0.1) is 0 Å². The average molecular weight is 367 g/mol. The minimum absolute atomic E-state index is 0.0170. The van der Waals surface area contributed by atoms with E-state index in [0.29, 0.717) is 15.2 Å². The van der Waals surface area contributed by atoms with Crippen molar-refractivity contribution >= 4 is 51.4 Å². The van der Waals surface area contributed by atoms with Gasteiger partial charge in [-0.2, -0.15) is 15.1 Å². The molecule has 2 aromatic carbocycles. The summed E-state index contributed by atoms with van der Waals surface area (Å²) < 4.78 is 0. The van der Waals surface area contributed by atoms with Crippen LogP contribution >= 0.6 is 23.4 Å². The molecule has 4 rings (SSSR count). The number of hydrogen-bond acceptors (Lipinski definition) is 4. The molecule has 2 aliphatic heterocycles. The highest BCUT2D eigenvalue weighted by Gasteiger charge is 2.35. The number of rotatable bonds is 2. The fourth-order valence-corrected chi connectivity index (χ4v) is 3.44. The van der Waals surface area contributed by atoms with Crippen molar-refractivity contribution < 1.29 is 4.79 Å². The maximum Gasteiger partial charge on any atom is 0.283 e. The van der Waals surface area contributed by atoms with Crippen LogP contribution in [0, 0.1) is 5.41 Å². The molecule has 0 spiro atoms. The molecule has 25 heavy (non-hydrogen) atoms. The van der Waals surface area contributed by atoms with Crippen LogP contribution in [-0.2, 0) is 4.79 Å². The molecule has 5 nitrogen and oxygen atoms in total. The van der Waals surface area contributed by atoms with Crippen molar-refractivity contribution in [3.05, 3.63) is 76.3 Å². The first-order valence-electron chi connectivity index (χ1n) is 7.43. The van der Waals surface area contributed by atoms with Crippen LogP contribution in [0.4, 0.5) is 0 Å². The molecule has 7 heteroatoms. The second kappa shape index (κ2) is 6.31. The lowest BCUT2D eigenvalue weighted by atomic mass is 10.1. The third-order valence-electron chi connectivity index (χ3n) is 3.66. The summed E-state index contributed by atoms with van der Waals surface area (Å²) in [6.45, 7) is 0. The fourth-order valence-electron chi connectivity index (χ4n) is 2.42. The fraction of sp³-hybridized carbons (Fsp3) is 0. The van der Waals surface area contributed by atoms with E-state index in [1.54, 1.807) is 30.3 Å². The number of halogens is 1. The molecule has 0 bridgehead atoms. The lowest BCUT2D eigenvalue weighted by Crippen LogP contribution is -2.35. The normalized spacial score (nSPS) is 18.3. The first-order chi connectivity index (χ1) is 12.1. The van der Waals surface area contributed by atoms with Crippen molar-refractivity contribution in [3.63, 3.8) is 0 Å². The number of amidine groups is 2. The van der Waals surface area contributed by atoms with Gasteiger partial charge >= 0.3 is 0 Å². The number of thioether (sulfide) groups is 1. The highest BCUT2D eigenvalue weighted by molar-refractivity contribution is 8.27. The number of nitrogens with one attached hydrogen (secondary N) is 1. The zero-order valence-electron chi connectivity index (χ0n) is 12.8. The van der Waals surface area contributed by atoms with Crippen LogP contribution in [0.5, 0.6) is 0 Å². The van der Waals surface area contributed by atoms with Crippen molar-refractivity contribution in [2.45, 2.75) is 0 Å².